The third kappa shape index (κ3) is 4.22. The third-order valence-corrected chi connectivity index (χ3v) is 6.84. The number of hydrogen-bond acceptors (Lipinski definition) is 4. The minimum absolute atomic E-state index is 0.00849. The minimum Gasteiger partial charge on any atom is -0.348 e. The molecule has 8 nitrogen and oxygen atoms in total. The van der Waals surface area contributed by atoms with Crippen molar-refractivity contribution in [2.75, 3.05) is 20.1 Å². The number of benzene rings is 1. The second-order valence-electron chi connectivity index (χ2n) is 9.12. The fourth-order valence-electron chi connectivity index (χ4n) is 4.66. The monoisotopic (exact) mass is 464 g/mol. The van der Waals surface area contributed by atoms with E-state index < -0.39 is 0 Å². The molecule has 1 aliphatic carbocycles. The van der Waals surface area contributed by atoms with Crippen molar-refractivity contribution in [2.24, 2.45) is 0 Å². The first-order valence-electron chi connectivity index (χ1n) is 11.9. The number of nitrogens with zero attached hydrogens (tertiary/aromatic N) is 5. The van der Waals surface area contributed by atoms with E-state index in [9.17, 15) is 9.59 Å². The molecule has 1 aliphatic heterocycles. The lowest BCUT2D eigenvalue weighted by Crippen LogP contribution is -2.36. The summed E-state index contributed by atoms with van der Waals surface area (Å²) in [5.74, 6) is -0.472. The van der Waals surface area contributed by atoms with Gasteiger partial charge in [0, 0.05) is 49.7 Å². The first-order valence-corrected chi connectivity index (χ1v) is 11.9. The summed E-state index contributed by atoms with van der Waals surface area (Å²) in [4.78, 5) is 32.2. The van der Waals surface area contributed by atoms with Crippen LogP contribution in [0.1, 0.15) is 54.2 Å². The van der Waals surface area contributed by atoms with Gasteiger partial charge in [0.05, 0.1) is 18.3 Å². The Balaban J connectivity index is 1.40. The molecule has 178 valence electrons. The normalized spacial score (nSPS) is 16.1. The number of rotatable bonds is 7. The van der Waals surface area contributed by atoms with Crippen LogP contribution in [0.5, 0.6) is 0 Å². The van der Waals surface area contributed by atoms with Gasteiger partial charge in [0.1, 0.15) is 5.69 Å². The Kier molecular flexibility index (Phi) is 5.93. The van der Waals surface area contributed by atoms with Gasteiger partial charge in [-0.15, -0.1) is 5.10 Å². The number of hydrogen-bond donors (Lipinski definition) is 1. The molecule has 0 radical (unpaired) electrons. The summed E-state index contributed by atoms with van der Waals surface area (Å²) in [6, 6.07) is 3.93. The number of aromatic nitrogens is 4. The van der Waals surface area contributed by atoms with Crippen molar-refractivity contribution in [3.63, 3.8) is 0 Å². The van der Waals surface area contributed by atoms with Gasteiger partial charge in [-0.2, -0.15) is 0 Å². The second-order valence-corrected chi connectivity index (χ2v) is 9.12. The molecular formula is C25H29FN6O2. The van der Waals surface area contributed by atoms with Crippen LogP contribution in [-0.4, -0.2) is 67.8 Å². The number of carbonyl (C=O) groups is 2. The maximum absolute atomic E-state index is 15.8. The number of fused-ring (bicyclic) bond motifs is 1. The van der Waals surface area contributed by atoms with Crippen molar-refractivity contribution in [3.8, 4) is 0 Å². The Morgan fingerprint density at radius 1 is 1.29 bits per heavy atom. The van der Waals surface area contributed by atoms with E-state index in [1.807, 2.05) is 19.1 Å². The first-order chi connectivity index (χ1) is 16.5. The predicted octanol–water partition coefficient (Wildman–Crippen LogP) is 3.40. The van der Waals surface area contributed by atoms with Crippen LogP contribution in [0.25, 0.3) is 16.5 Å². The van der Waals surface area contributed by atoms with Gasteiger partial charge >= 0.3 is 0 Å². The fourth-order valence-corrected chi connectivity index (χ4v) is 4.66. The van der Waals surface area contributed by atoms with E-state index in [-0.39, 0.29) is 23.7 Å². The summed E-state index contributed by atoms with van der Waals surface area (Å²) in [6.07, 6.45) is 9.05. The van der Waals surface area contributed by atoms with Crippen LogP contribution in [0.15, 0.2) is 30.6 Å². The maximum atomic E-state index is 15.8. The highest BCUT2D eigenvalue weighted by molar-refractivity contribution is 6.00. The number of aromatic amines is 1. The van der Waals surface area contributed by atoms with E-state index in [0.717, 1.165) is 29.4 Å². The highest BCUT2D eigenvalue weighted by Gasteiger charge is 2.31. The number of amides is 2. The van der Waals surface area contributed by atoms with E-state index in [2.05, 4.69) is 15.3 Å². The highest BCUT2D eigenvalue weighted by atomic mass is 19.1. The number of halogens is 1. The van der Waals surface area contributed by atoms with Gasteiger partial charge in [0.2, 0.25) is 5.91 Å². The van der Waals surface area contributed by atoms with Crippen molar-refractivity contribution in [1.82, 2.24) is 29.8 Å². The molecule has 0 bridgehead atoms. The molecule has 0 saturated heterocycles. The topological polar surface area (TPSA) is 87.1 Å². The molecular weight excluding hydrogens is 435 g/mol. The molecule has 2 aliphatic rings. The number of nitrogens with one attached hydrogen (secondary N) is 1. The second kappa shape index (κ2) is 9.04. The van der Waals surface area contributed by atoms with Crippen molar-refractivity contribution in [3.05, 3.63) is 53.2 Å². The molecule has 3 heterocycles. The zero-order chi connectivity index (χ0) is 23.8. The number of H-pyrrole nitrogens is 1. The van der Waals surface area contributed by atoms with Crippen LogP contribution in [-0.2, 0) is 17.8 Å². The first kappa shape index (κ1) is 22.3. The summed E-state index contributed by atoms with van der Waals surface area (Å²) in [5.41, 5.74) is 3.04. The fraction of sp³-hybridized carbons (Fsp3) is 0.440. The lowest BCUT2D eigenvalue weighted by atomic mass is 9.95. The lowest BCUT2D eigenvalue weighted by molar-refractivity contribution is -0.131. The third-order valence-electron chi connectivity index (χ3n) is 6.84. The Morgan fingerprint density at radius 3 is 2.82 bits per heavy atom. The standard InChI is InChI=1S/C25H29FN6O2/c1-3-16-13-19(17-5-4-10-31(15-17)22(33)8-11-32-12-9-27-29-32)23(26)24-20(16)14-21(28-24)25(34)30(2)18-6-7-18/h5,9,12-14,18,28H,3-4,6-8,10-11,15H2,1-2H3. The molecule has 1 saturated carbocycles. The molecule has 1 aromatic carbocycles. The van der Waals surface area contributed by atoms with Gasteiger partial charge < -0.3 is 14.8 Å². The largest absolute Gasteiger partial charge is 0.348 e. The quantitative estimate of drug-likeness (QED) is 0.581. The van der Waals surface area contributed by atoms with E-state index >= 15 is 4.39 Å². The van der Waals surface area contributed by atoms with Crippen LogP contribution < -0.4 is 0 Å². The van der Waals surface area contributed by atoms with E-state index in [1.54, 1.807) is 40.0 Å². The summed E-state index contributed by atoms with van der Waals surface area (Å²) >= 11 is 0. The van der Waals surface area contributed by atoms with Gasteiger partial charge in [-0.1, -0.05) is 18.2 Å². The zero-order valence-electron chi connectivity index (χ0n) is 19.6. The van der Waals surface area contributed by atoms with Crippen molar-refractivity contribution >= 4 is 28.3 Å². The van der Waals surface area contributed by atoms with Crippen LogP contribution in [0, 0.1) is 5.82 Å². The SMILES string of the molecule is CCc1cc(C2=CCCN(C(=O)CCn3ccnn3)C2)c(F)c2[nH]c(C(=O)N(C)C3CC3)cc12. The molecule has 34 heavy (non-hydrogen) atoms. The van der Waals surface area contributed by atoms with Gasteiger partial charge in [-0.3, -0.25) is 14.3 Å². The van der Waals surface area contributed by atoms with Crippen molar-refractivity contribution < 1.29 is 14.0 Å². The van der Waals surface area contributed by atoms with E-state index in [1.165, 1.54) is 0 Å². The Morgan fingerprint density at radius 2 is 2.12 bits per heavy atom. The molecule has 1 N–H and O–H groups in total. The smallest absolute Gasteiger partial charge is 0.270 e. The molecule has 9 heteroatoms. The van der Waals surface area contributed by atoms with E-state index in [4.69, 9.17) is 0 Å². The summed E-state index contributed by atoms with van der Waals surface area (Å²) in [7, 11) is 1.80. The van der Waals surface area contributed by atoms with Gasteiger partial charge in [0.25, 0.3) is 5.91 Å². The van der Waals surface area contributed by atoms with Crippen LogP contribution in [0.4, 0.5) is 4.39 Å². The molecule has 0 spiro atoms. The van der Waals surface area contributed by atoms with Crippen molar-refractivity contribution in [1.29, 1.82) is 0 Å². The minimum atomic E-state index is -0.372. The zero-order valence-corrected chi connectivity index (χ0v) is 19.6. The highest BCUT2D eigenvalue weighted by Crippen LogP contribution is 2.33. The average molecular weight is 465 g/mol. The number of aryl methyl sites for hydroxylation is 2. The van der Waals surface area contributed by atoms with Crippen LogP contribution in [0.2, 0.25) is 0 Å². The molecule has 5 rings (SSSR count). The van der Waals surface area contributed by atoms with Gasteiger partial charge in [-0.25, -0.2) is 4.39 Å². The van der Waals surface area contributed by atoms with Gasteiger partial charge in [-0.05, 0) is 49.0 Å². The number of carbonyl (C=O) groups excluding carboxylic acids is 2. The molecule has 0 atom stereocenters. The molecule has 2 aromatic heterocycles. The molecule has 3 aromatic rings. The van der Waals surface area contributed by atoms with Gasteiger partial charge in [0.15, 0.2) is 5.82 Å². The predicted molar refractivity (Wildman–Crippen MR) is 127 cm³/mol. The Hall–Kier alpha value is -3.49. The average Bonchev–Trinajstić information content (AvgIpc) is 3.38. The molecule has 2 amide bonds. The summed E-state index contributed by atoms with van der Waals surface area (Å²) < 4.78 is 17.4. The Bertz CT molecular complexity index is 1260. The van der Waals surface area contributed by atoms with Crippen LogP contribution in [0.3, 0.4) is 0 Å². The lowest BCUT2D eigenvalue weighted by Gasteiger charge is -2.28. The summed E-state index contributed by atoms with van der Waals surface area (Å²) in [5, 5.41) is 8.40. The van der Waals surface area contributed by atoms with Crippen molar-refractivity contribution in [2.45, 2.75) is 51.6 Å². The molecule has 0 unspecified atom stereocenters. The Labute approximate surface area is 197 Å². The van der Waals surface area contributed by atoms with Crippen LogP contribution >= 0.6 is 0 Å². The molecule has 1 fully saturated rings. The van der Waals surface area contributed by atoms with E-state index in [0.29, 0.717) is 55.7 Å². The maximum Gasteiger partial charge on any atom is 0.270 e. The summed E-state index contributed by atoms with van der Waals surface area (Å²) in [6.45, 7) is 3.46.